The number of aliphatic hydroxyl groups excluding tert-OH is 1. The number of aliphatic hydroxyl groups is 1. The van der Waals surface area contributed by atoms with Gasteiger partial charge in [-0.3, -0.25) is 0 Å². The third-order valence-electron chi connectivity index (χ3n) is 3.08. The molecule has 0 spiro atoms. The molecule has 0 fully saturated rings. The summed E-state index contributed by atoms with van der Waals surface area (Å²) in [7, 11) is -3.08. The summed E-state index contributed by atoms with van der Waals surface area (Å²) >= 11 is 0. The highest BCUT2D eigenvalue weighted by molar-refractivity contribution is 7.92. The van der Waals surface area contributed by atoms with Crippen molar-refractivity contribution >= 4 is 15.5 Å². The summed E-state index contributed by atoms with van der Waals surface area (Å²) < 4.78 is 22.3. The highest BCUT2D eigenvalue weighted by atomic mass is 32.2. The average Bonchev–Trinajstić information content (AvgIpc) is 2.27. The molecule has 0 aliphatic heterocycles. The van der Waals surface area contributed by atoms with Gasteiger partial charge in [0.15, 0.2) is 9.84 Å². The van der Waals surface area contributed by atoms with Gasteiger partial charge in [0.1, 0.15) is 0 Å². The molecule has 18 heavy (non-hydrogen) atoms. The normalized spacial score (nSPS) is 12.4. The molecular formula is C13H21NO3S. The van der Waals surface area contributed by atoms with Gasteiger partial charge >= 0.3 is 0 Å². The zero-order chi connectivity index (χ0) is 13.8. The van der Waals surface area contributed by atoms with E-state index in [1.165, 1.54) is 6.26 Å². The lowest BCUT2D eigenvalue weighted by Gasteiger charge is -2.23. The topological polar surface area (TPSA) is 66.4 Å². The minimum atomic E-state index is -3.08. The first-order valence-corrected chi connectivity index (χ1v) is 7.79. The van der Waals surface area contributed by atoms with E-state index in [1.807, 2.05) is 24.3 Å². The maximum atomic E-state index is 11.5. The first-order valence-electron chi connectivity index (χ1n) is 5.89. The molecule has 0 saturated carbocycles. The summed E-state index contributed by atoms with van der Waals surface area (Å²) in [4.78, 5) is 0. The zero-order valence-corrected chi connectivity index (χ0v) is 11.9. The zero-order valence-electron chi connectivity index (χ0n) is 11.1. The fourth-order valence-electron chi connectivity index (χ4n) is 1.36. The van der Waals surface area contributed by atoms with Gasteiger partial charge in [0.05, 0.1) is 4.75 Å². The summed E-state index contributed by atoms with van der Waals surface area (Å²) in [6.45, 7) is 3.91. The number of rotatable bonds is 6. The average molecular weight is 271 g/mol. The smallest absolute Gasteiger partial charge is 0.154 e. The Morgan fingerprint density at radius 2 is 1.78 bits per heavy atom. The Bertz CT molecular complexity index is 477. The predicted molar refractivity (Wildman–Crippen MR) is 74.6 cm³/mol. The minimum absolute atomic E-state index is 0.133. The second-order valence-electron chi connectivity index (χ2n) is 5.06. The molecule has 0 unspecified atom stereocenters. The standard InChI is InChI=1S/C13H21NO3S/c1-13(2,18(3,16)17)10-14-12-6-4-11(5-7-12)8-9-15/h4-7,14-15H,8-10H2,1-3H3. The van der Waals surface area contributed by atoms with Crippen LogP contribution in [0.5, 0.6) is 0 Å². The van der Waals surface area contributed by atoms with Crippen LogP contribution in [0.4, 0.5) is 5.69 Å². The second kappa shape index (κ2) is 5.71. The molecule has 0 heterocycles. The van der Waals surface area contributed by atoms with Crippen molar-refractivity contribution in [2.24, 2.45) is 0 Å². The molecule has 1 aromatic carbocycles. The van der Waals surface area contributed by atoms with Gasteiger partial charge in [-0.1, -0.05) is 12.1 Å². The van der Waals surface area contributed by atoms with E-state index in [4.69, 9.17) is 5.11 Å². The molecule has 1 aromatic rings. The van der Waals surface area contributed by atoms with Gasteiger partial charge < -0.3 is 10.4 Å². The van der Waals surface area contributed by atoms with E-state index >= 15 is 0 Å². The first-order chi connectivity index (χ1) is 8.26. The van der Waals surface area contributed by atoms with Crippen LogP contribution in [-0.4, -0.2) is 37.7 Å². The molecule has 102 valence electrons. The molecule has 0 aliphatic rings. The van der Waals surface area contributed by atoms with E-state index in [-0.39, 0.29) is 6.61 Å². The van der Waals surface area contributed by atoms with Crippen molar-refractivity contribution in [3.8, 4) is 0 Å². The quantitative estimate of drug-likeness (QED) is 0.822. The van der Waals surface area contributed by atoms with E-state index in [2.05, 4.69) is 5.32 Å². The summed E-state index contributed by atoms with van der Waals surface area (Å²) in [5, 5.41) is 11.9. The molecule has 0 amide bonds. The van der Waals surface area contributed by atoms with E-state index in [0.717, 1.165) is 11.3 Å². The Labute approximate surface area is 109 Å². The minimum Gasteiger partial charge on any atom is -0.396 e. The van der Waals surface area contributed by atoms with Crippen LogP contribution >= 0.6 is 0 Å². The molecule has 0 bridgehead atoms. The van der Waals surface area contributed by atoms with Gasteiger partial charge in [-0.05, 0) is 38.0 Å². The van der Waals surface area contributed by atoms with Gasteiger partial charge in [-0.2, -0.15) is 0 Å². The Balaban J connectivity index is 2.64. The molecular weight excluding hydrogens is 250 g/mol. The highest BCUT2D eigenvalue weighted by Crippen LogP contribution is 2.17. The van der Waals surface area contributed by atoms with Crippen molar-refractivity contribution in [2.45, 2.75) is 25.0 Å². The van der Waals surface area contributed by atoms with Crippen molar-refractivity contribution in [1.82, 2.24) is 0 Å². The number of hydrogen-bond donors (Lipinski definition) is 2. The van der Waals surface area contributed by atoms with E-state index in [9.17, 15) is 8.42 Å². The maximum absolute atomic E-state index is 11.5. The van der Waals surface area contributed by atoms with Crippen LogP contribution in [0.2, 0.25) is 0 Å². The van der Waals surface area contributed by atoms with Crippen LogP contribution in [0.15, 0.2) is 24.3 Å². The lowest BCUT2D eigenvalue weighted by molar-refractivity contribution is 0.299. The Kier molecular flexibility index (Phi) is 4.76. The van der Waals surface area contributed by atoms with Crippen LogP contribution in [0.3, 0.4) is 0 Å². The summed E-state index contributed by atoms with van der Waals surface area (Å²) in [5.41, 5.74) is 1.94. The number of nitrogens with one attached hydrogen (secondary N) is 1. The molecule has 0 aliphatic carbocycles. The van der Waals surface area contributed by atoms with Gasteiger partial charge in [0, 0.05) is 25.1 Å². The first kappa shape index (κ1) is 15.0. The summed E-state index contributed by atoms with van der Waals surface area (Å²) in [6, 6.07) is 7.63. The van der Waals surface area contributed by atoms with Crippen molar-refractivity contribution in [3.63, 3.8) is 0 Å². The van der Waals surface area contributed by atoms with E-state index in [1.54, 1.807) is 13.8 Å². The SMILES string of the molecule is CC(C)(CNc1ccc(CCO)cc1)S(C)(=O)=O. The molecule has 1 rings (SSSR count). The van der Waals surface area contributed by atoms with Gasteiger partial charge in [-0.15, -0.1) is 0 Å². The molecule has 0 atom stereocenters. The lowest BCUT2D eigenvalue weighted by atomic mass is 10.1. The van der Waals surface area contributed by atoms with Gasteiger partial charge in [0.2, 0.25) is 0 Å². The predicted octanol–water partition coefficient (Wildman–Crippen LogP) is 1.46. The van der Waals surface area contributed by atoms with Crippen molar-refractivity contribution in [3.05, 3.63) is 29.8 Å². The Morgan fingerprint density at radius 3 is 2.22 bits per heavy atom. The maximum Gasteiger partial charge on any atom is 0.154 e. The summed E-state index contributed by atoms with van der Waals surface area (Å²) in [5.74, 6) is 0. The molecule has 0 saturated heterocycles. The molecule has 2 N–H and O–H groups in total. The number of hydrogen-bond acceptors (Lipinski definition) is 4. The van der Waals surface area contributed by atoms with Crippen molar-refractivity contribution < 1.29 is 13.5 Å². The largest absolute Gasteiger partial charge is 0.396 e. The van der Waals surface area contributed by atoms with Crippen LogP contribution in [0.25, 0.3) is 0 Å². The fourth-order valence-corrected chi connectivity index (χ4v) is 1.70. The van der Waals surface area contributed by atoms with Crippen molar-refractivity contribution in [2.75, 3.05) is 24.7 Å². The van der Waals surface area contributed by atoms with Crippen LogP contribution in [0.1, 0.15) is 19.4 Å². The van der Waals surface area contributed by atoms with Gasteiger partial charge in [-0.25, -0.2) is 8.42 Å². The van der Waals surface area contributed by atoms with Gasteiger partial charge in [0.25, 0.3) is 0 Å². The number of benzene rings is 1. The third-order valence-corrected chi connectivity index (χ3v) is 5.23. The molecule has 0 radical (unpaired) electrons. The third kappa shape index (κ3) is 3.99. The van der Waals surface area contributed by atoms with Crippen LogP contribution in [0, 0.1) is 0 Å². The highest BCUT2D eigenvalue weighted by Gasteiger charge is 2.29. The number of sulfone groups is 1. The Hall–Kier alpha value is -1.07. The molecule has 4 nitrogen and oxygen atoms in total. The Morgan fingerprint density at radius 1 is 1.22 bits per heavy atom. The molecule has 5 heteroatoms. The molecule has 0 aromatic heterocycles. The second-order valence-corrected chi connectivity index (χ2v) is 7.71. The van der Waals surface area contributed by atoms with Crippen molar-refractivity contribution in [1.29, 1.82) is 0 Å². The van der Waals surface area contributed by atoms with Crippen LogP contribution < -0.4 is 5.32 Å². The van der Waals surface area contributed by atoms with E-state index < -0.39 is 14.6 Å². The lowest BCUT2D eigenvalue weighted by Crippen LogP contribution is -2.38. The summed E-state index contributed by atoms with van der Waals surface area (Å²) in [6.07, 6.45) is 1.88. The fraction of sp³-hybridized carbons (Fsp3) is 0.538. The van der Waals surface area contributed by atoms with E-state index in [0.29, 0.717) is 13.0 Å². The monoisotopic (exact) mass is 271 g/mol. The van der Waals surface area contributed by atoms with Crippen LogP contribution in [-0.2, 0) is 16.3 Å². The number of anilines is 1.